The minimum atomic E-state index is -1.11. The second kappa shape index (κ2) is 5.15. The van der Waals surface area contributed by atoms with E-state index in [1.807, 2.05) is 0 Å². The number of aliphatic hydroxyl groups excluding tert-OH is 1. The molecule has 0 saturated carbocycles. The summed E-state index contributed by atoms with van der Waals surface area (Å²) in [5.74, 6) is -1.90. The van der Waals surface area contributed by atoms with Gasteiger partial charge in [-0.25, -0.2) is 4.79 Å². The van der Waals surface area contributed by atoms with Crippen molar-refractivity contribution in [2.24, 2.45) is 11.7 Å². The zero-order valence-electron chi connectivity index (χ0n) is 10.9. The van der Waals surface area contributed by atoms with Crippen LogP contribution in [0.1, 0.15) is 26.7 Å². The first-order valence-corrected chi connectivity index (χ1v) is 7.10. The van der Waals surface area contributed by atoms with Gasteiger partial charge in [0, 0.05) is 17.4 Å². The van der Waals surface area contributed by atoms with E-state index in [-0.39, 0.29) is 23.0 Å². The first-order chi connectivity index (χ1) is 8.82. The summed E-state index contributed by atoms with van der Waals surface area (Å²) in [5.41, 5.74) is 5.73. The van der Waals surface area contributed by atoms with Crippen LogP contribution < -0.4 is 5.73 Å². The van der Waals surface area contributed by atoms with Crippen LogP contribution in [0, 0.1) is 5.92 Å². The van der Waals surface area contributed by atoms with Crippen LogP contribution in [0.5, 0.6) is 0 Å². The fraction of sp³-hybridized carbons (Fsp3) is 0.667. The van der Waals surface area contributed by atoms with E-state index in [1.54, 1.807) is 13.8 Å². The number of carboxylic acids is 1. The van der Waals surface area contributed by atoms with Crippen LogP contribution in [-0.4, -0.2) is 44.5 Å². The number of amides is 1. The number of hydrogen-bond acceptors (Lipinski definition) is 5. The van der Waals surface area contributed by atoms with Crippen LogP contribution in [0.25, 0.3) is 0 Å². The van der Waals surface area contributed by atoms with Crippen molar-refractivity contribution in [3.63, 3.8) is 0 Å². The van der Waals surface area contributed by atoms with E-state index in [0.717, 1.165) is 0 Å². The zero-order chi connectivity index (χ0) is 14.3. The fourth-order valence-corrected chi connectivity index (χ4v) is 3.76. The lowest BCUT2D eigenvalue weighted by Crippen LogP contribution is -2.34. The van der Waals surface area contributed by atoms with Crippen molar-refractivity contribution in [1.82, 2.24) is 4.90 Å². The number of nitrogens with zero attached hydrogens (tertiary/aromatic N) is 1. The average Bonchev–Trinajstić information content (AvgIpc) is 2.75. The molecule has 4 N–H and O–H groups in total. The van der Waals surface area contributed by atoms with Crippen LogP contribution in [0.4, 0.5) is 0 Å². The Kier molecular flexibility index (Phi) is 3.89. The average molecular weight is 286 g/mol. The Hall–Kier alpha value is -1.05. The smallest absolute Gasteiger partial charge is 0.353 e. The zero-order valence-corrected chi connectivity index (χ0v) is 11.7. The monoisotopic (exact) mass is 286 g/mol. The van der Waals surface area contributed by atoms with Gasteiger partial charge < -0.3 is 20.8 Å². The van der Waals surface area contributed by atoms with Gasteiger partial charge in [-0.2, -0.15) is 0 Å². The third kappa shape index (κ3) is 2.50. The topological polar surface area (TPSA) is 104 Å². The number of fused-ring (bicyclic) bond motifs is 1. The number of hydrogen-bond donors (Lipinski definition) is 3. The minimum Gasteiger partial charge on any atom is -0.477 e. The summed E-state index contributed by atoms with van der Waals surface area (Å²) in [6.45, 7) is 3.34. The van der Waals surface area contributed by atoms with Gasteiger partial charge in [-0.3, -0.25) is 4.79 Å². The van der Waals surface area contributed by atoms with Crippen molar-refractivity contribution in [2.75, 3.05) is 0 Å². The second-order valence-electron chi connectivity index (χ2n) is 5.05. The van der Waals surface area contributed by atoms with Gasteiger partial charge in [0.2, 0.25) is 5.91 Å². The first kappa shape index (κ1) is 14.4. The van der Waals surface area contributed by atoms with Gasteiger partial charge in [-0.05, 0) is 20.3 Å². The first-order valence-electron chi connectivity index (χ1n) is 6.22. The molecule has 1 saturated heterocycles. The Morgan fingerprint density at radius 3 is 2.63 bits per heavy atom. The van der Waals surface area contributed by atoms with E-state index in [9.17, 15) is 19.8 Å². The molecule has 0 radical (unpaired) electrons. The minimum absolute atomic E-state index is 0.0421. The van der Waals surface area contributed by atoms with E-state index >= 15 is 0 Å². The number of aliphatic carboxylic acids is 1. The molecule has 19 heavy (non-hydrogen) atoms. The molecule has 2 rings (SSSR count). The predicted molar refractivity (Wildman–Crippen MR) is 70.9 cm³/mol. The molecule has 6 nitrogen and oxygen atoms in total. The van der Waals surface area contributed by atoms with Gasteiger partial charge in [-0.1, -0.05) is 0 Å². The molecule has 0 bridgehead atoms. The quantitative estimate of drug-likeness (QED) is 0.643. The van der Waals surface area contributed by atoms with Crippen LogP contribution in [0.3, 0.4) is 0 Å². The summed E-state index contributed by atoms with van der Waals surface area (Å²) in [7, 11) is 0. The molecule has 2 aliphatic heterocycles. The standard InChI is InChI=1S/C12H18N2O4S/c1-5(15)8-3-7-4-9(19-6(2)13)10(12(17)18)14(7)11(8)16/h5-8,15H,3-4,13H2,1-2H3,(H,17,18)/t5-,6+,7+,8+/m1/s1. The van der Waals surface area contributed by atoms with E-state index in [1.165, 1.54) is 16.7 Å². The summed E-state index contributed by atoms with van der Waals surface area (Å²) >= 11 is 1.29. The predicted octanol–water partition coefficient (Wildman–Crippen LogP) is 0.322. The molecule has 0 aromatic rings. The molecule has 0 aromatic carbocycles. The third-order valence-electron chi connectivity index (χ3n) is 3.48. The fourth-order valence-electron chi connectivity index (χ4n) is 2.72. The highest BCUT2D eigenvalue weighted by Gasteiger charge is 2.49. The molecule has 106 valence electrons. The third-order valence-corrected chi connectivity index (χ3v) is 4.50. The van der Waals surface area contributed by atoms with E-state index < -0.39 is 18.0 Å². The van der Waals surface area contributed by atoms with Gasteiger partial charge in [0.15, 0.2) is 0 Å². The number of carbonyl (C=O) groups is 2. The maximum absolute atomic E-state index is 12.2. The highest BCUT2D eigenvalue weighted by molar-refractivity contribution is 8.03. The van der Waals surface area contributed by atoms with Crippen LogP contribution in [0.15, 0.2) is 10.6 Å². The van der Waals surface area contributed by atoms with Gasteiger partial charge in [-0.15, -0.1) is 11.8 Å². The Morgan fingerprint density at radius 2 is 2.16 bits per heavy atom. The Morgan fingerprint density at radius 1 is 1.53 bits per heavy atom. The number of rotatable bonds is 4. The van der Waals surface area contributed by atoms with Crippen LogP contribution in [0.2, 0.25) is 0 Å². The SMILES string of the molecule is C[C@@H](N)SC1=C(C(=O)O)N2C(=O)[C@H]([C@@H](C)O)C[C@H]2C1. The number of carbonyl (C=O) groups excluding carboxylic acids is 1. The van der Waals surface area contributed by atoms with Crippen molar-refractivity contribution in [1.29, 1.82) is 0 Å². The van der Waals surface area contributed by atoms with Gasteiger partial charge in [0.1, 0.15) is 5.70 Å². The van der Waals surface area contributed by atoms with Crippen LogP contribution >= 0.6 is 11.8 Å². The number of thioether (sulfide) groups is 1. The molecular weight excluding hydrogens is 268 g/mol. The number of aliphatic hydroxyl groups is 1. The van der Waals surface area contributed by atoms with Crippen molar-refractivity contribution >= 4 is 23.6 Å². The van der Waals surface area contributed by atoms with Gasteiger partial charge in [0.25, 0.3) is 0 Å². The molecule has 7 heteroatoms. The maximum Gasteiger partial charge on any atom is 0.353 e. The Balaban J connectivity index is 2.31. The number of nitrogens with two attached hydrogens (primary N) is 1. The lowest BCUT2D eigenvalue weighted by Gasteiger charge is -2.18. The lowest BCUT2D eigenvalue weighted by atomic mass is 9.98. The molecular formula is C12H18N2O4S. The summed E-state index contributed by atoms with van der Waals surface area (Å²) in [5, 5.41) is 18.7. The Labute approximate surface area is 115 Å². The molecule has 1 amide bonds. The van der Waals surface area contributed by atoms with Crippen molar-refractivity contribution in [3.8, 4) is 0 Å². The highest BCUT2D eigenvalue weighted by Crippen LogP contribution is 2.44. The van der Waals surface area contributed by atoms with Crippen molar-refractivity contribution in [3.05, 3.63) is 10.6 Å². The molecule has 0 aromatic heterocycles. The second-order valence-corrected chi connectivity index (χ2v) is 6.52. The molecule has 0 unspecified atom stereocenters. The van der Waals surface area contributed by atoms with E-state index in [4.69, 9.17) is 5.73 Å². The summed E-state index contributed by atoms with van der Waals surface area (Å²) in [6, 6.07) is -0.153. The normalized spacial score (nSPS) is 29.7. The molecule has 2 heterocycles. The van der Waals surface area contributed by atoms with Gasteiger partial charge in [0.05, 0.1) is 17.4 Å². The molecule has 0 spiro atoms. The number of carboxylic acid groups (broad SMARTS) is 1. The maximum atomic E-state index is 12.2. The molecule has 2 aliphatic rings. The molecule has 1 fully saturated rings. The lowest BCUT2D eigenvalue weighted by molar-refractivity contribution is -0.140. The van der Waals surface area contributed by atoms with Crippen molar-refractivity contribution < 1.29 is 19.8 Å². The molecule has 0 aliphatic carbocycles. The summed E-state index contributed by atoms with van der Waals surface area (Å²) in [4.78, 5) is 25.6. The van der Waals surface area contributed by atoms with E-state index in [0.29, 0.717) is 17.7 Å². The highest BCUT2D eigenvalue weighted by atomic mass is 32.2. The van der Waals surface area contributed by atoms with Crippen molar-refractivity contribution in [2.45, 2.75) is 44.2 Å². The molecule has 4 atom stereocenters. The largest absolute Gasteiger partial charge is 0.477 e. The summed E-state index contributed by atoms with van der Waals surface area (Å²) in [6.07, 6.45) is 0.261. The van der Waals surface area contributed by atoms with Gasteiger partial charge >= 0.3 is 5.97 Å². The van der Waals surface area contributed by atoms with E-state index in [2.05, 4.69) is 0 Å². The summed E-state index contributed by atoms with van der Waals surface area (Å²) < 4.78 is 0. The Bertz CT molecular complexity index is 447. The van der Waals surface area contributed by atoms with Crippen LogP contribution in [-0.2, 0) is 9.59 Å².